The van der Waals surface area contributed by atoms with Crippen molar-refractivity contribution in [2.75, 3.05) is 19.5 Å². The minimum absolute atomic E-state index is 0.0963. The molecule has 138 valence electrons. The Bertz CT molecular complexity index is 1100. The molecule has 1 aromatic carbocycles. The van der Waals surface area contributed by atoms with Crippen molar-refractivity contribution in [3.8, 4) is 5.75 Å². The second-order valence-electron chi connectivity index (χ2n) is 5.60. The van der Waals surface area contributed by atoms with E-state index in [-0.39, 0.29) is 27.9 Å². The molecule has 2 heterocycles. The van der Waals surface area contributed by atoms with Crippen molar-refractivity contribution in [1.29, 1.82) is 0 Å². The number of fused-ring (bicyclic) bond motifs is 1. The maximum Gasteiger partial charge on any atom is 0.214 e. The summed E-state index contributed by atoms with van der Waals surface area (Å²) in [5.41, 5.74) is 1.32. The summed E-state index contributed by atoms with van der Waals surface area (Å²) in [5, 5.41) is 16.5. The summed E-state index contributed by atoms with van der Waals surface area (Å²) in [6.45, 7) is 1.97. The molecular weight excluding hydrogens is 363 g/mol. The maximum atomic E-state index is 13.3. The van der Waals surface area contributed by atoms with E-state index in [4.69, 9.17) is 4.74 Å². The first-order valence-electron chi connectivity index (χ1n) is 7.59. The lowest BCUT2D eigenvalue weighted by atomic mass is 10.3. The summed E-state index contributed by atoms with van der Waals surface area (Å²) in [4.78, 5) is 3.92. The highest BCUT2D eigenvalue weighted by atomic mass is 32.2. The summed E-state index contributed by atoms with van der Waals surface area (Å²) in [5.74, 6) is -1.56. The lowest BCUT2D eigenvalue weighted by Crippen LogP contribution is -2.07. The number of aromatic hydroxyl groups is 1. The van der Waals surface area contributed by atoms with Crippen LogP contribution in [0.15, 0.2) is 34.1 Å². The number of sulfone groups is 1. The van der Waals surface area contributed by atoms with E-state index in [2.05, 4.69) is 15.4 Å². The van der Waals surface area contributed by atoms with Crippen molar-refractivity contribution >= 4 is 21.3 Å². The van der Waals surface area contributed by atoms with Crippen LogP contribution in [-0.4, -0.2) is 42.3 Å². The Kier molecular flexibility index (Phi) is 4.55. The molecule has 0 amide bonds. The Morgan fingerprint density at radius 3 is 2.69 bits per heavy atom. The van der Waals surface area contributed by atoms with E-state index in [1.165, 1.54) is 18.7 Å². The molecule has 3 aromatic rings. The Labute approximate surface area is 149 Å². The van der Waals surface area contributed by atoms with Crippen LogP contribution in [0.4, 0.5) is 10.2 Å². The number of nitrogens with one attached hydrogen (secondary N) is 1. The Balaban J connectivity index is 2.32. The van der Waals surface area contributed by atoms with Gasteiger partial charge in [-0.25, -0.2) is 22.3 Å². The van der Waals surface area contributed by atoms with E-state index >= 15 is 0 Å². The molecule has 0 aliphatic heterocycles. The molecule has 2 N–H and O–H groups in total. The van der Waals surface area contributed by atoms with Crippen LogP contribution in [0, 0.1) is 12.7 Å². The second-order valence-corrected chi connectivity index (χ2v) is 7.49. The van der Waals surface area contributed by atoms with Gasteiger partial charge in [0.15, 0.2) is 27.9 Å². The van der Waals surface area contributed by atoms with Crippen molar-refractivity contribution in [2.24, 2.45) is 0 Å². The number of rotatable bonds is 5. The highest BCUT2D eigenvalue weighted by Gasteiger charge is 2.29. The molecule has 0 bridgehead atoms. The van der Waals surface area contributed by atoms with Gasteiger partial charge in [0, 0.05) is 25.9 Å². The van der Waals surface area contributed by atoms with Gasteiger partial charge in [0.1, 0.15) is 0 Å². The van der Waals surface area contributed by atoms with Gasteiger partial charge in [-0.3, -0.25) is 0 Å². The minimum atomic E-state index is -4.13. The maximum absolute atomic E-state index is 13.3. The number of aromatic nitrogens is 3. The lowest BCUT2D eigenvalue weighted by Gasteiger charge is -2.07. The number of nitrogens with zero attached hydrogens (tertiary/aromatic N) is 3. The largest absolute Gasteiger partial charge is 0.505 e. The van der Waals surface area contributed by atoms with Crippen molar-refractivity contribution in [3.05, 3.63) is 41.5 Å². The highest BCUT2D eigenvalue weighted by Crippen LogP contribution is 2.32. The standard InChI is InChI=1S/C16H17FN4O4S/c1-9-6-10(8-25-3)19-16-14(15(18-2)20-21(9)16)26(23,24)11-4-5-12(17)13(22)7-11/h4-7,22H,8H2,1-3H3,(H,18,20). The molecule has 2 aromatic heterocycles. The Morgan fingerprint density at radius 1 is 1.35 bits per heavy atom. The normalized spacial score (nSPS) is 11.8. The van der Waals surface area contributed by atoms with Gasteiger partial charge in [-0.05, 0) is 25.1 Å². The van der Waals surface area contributed by atoms with Crippen LogP contribution in [0.2, 0.25) is 0 Å². The van der Waals surface area contributed by atoms with Gasteiger partial charge in [0.05, 0.1) is 17.2 Å². The predicted molar refractivity (Wildman–Crippen MR) is 91.5 cm³/mol. The van der Waals surface area contributed by atoms with E-state index < -0.39 is 21.4 Å². The molecule has 0 spiro atoms. The van der Waals surface area contributed by atoms with E-state index in [9.17, 15) is 17.9 Å². The van der Waals surface area contributed by atoms with Crippen LogP contribution in [0.3, 0.4) is 0 Å². The average molecular weight is 380 g/mol. The lowest BCUT2D eigenvalue weighted by molar-refractivity contribution is 0.181. The molecule has 0 saturated carbocycles. The number of hydrogen-bond donors (Lipinski definition) is 2. The number of phenolic OH excluding ortho intramolecular Hbond substituents is 1. The van der Waals surface area contributed by atoms with Gasteiger partial charge in [-0.2, -0.15) is 0 Å². The van der Waals surface area contributed by atoms with Gasteiger partial charge in [-0.1, -0.05) is 0 Å². The molecule has 0 saturated heterocycles. The number of methoxy groups -OCH3 is 1. The quantitative estimate of drug-likeness (QED) is 0.651. The summed E-state index contributed by atoms with van der Waals surface area (Å²) < 4.78 is 46.1. The minimum Gasteiger partial charge on any atom is -0.505 e. The van der Waals surface area contributed by atoms with E-state index in [0.717, 1.165) is 18.2 Å². The van der Waals surface area contributed by atoms with Gasteiger partial charge in [0.25, 0.3) is 0 Å². The Morgan fingerprint density at radius 2 is 2.08 bits per heavy atom. The average Bonchev–Trinajstić information content (AvgIpc) is 2.97. The molecule has 0 atom stereocenters. The number of aryl methyl sites for hydroxylation is 1. The van der Waals surface area contributed by atoms with Gasteiger partial charge in [0.2, 0.25) is 9.84 Å². The summed E-state index contributed by atoms with van der Waals surface area (Å²) in [6.07, 6.45) is 0. The molecule has 10 heteroatoms. The van der Waals surface area contributed by atoms with Gasteiger partial charge < -0.3 is 15.2 Å². The fraction of sp³-hybridized carbons (Fsp3) is 0.250. The fourth-order valence-corrected chi connectivity index (χ4v) is 4.14. The Hall–Kier alpha value is -2.72. The van der Waals surface area contributed by atoms with E-state index in [1.54, 1.807) is 13.0 Å². The zero-order valence-electron chi connectivity index (χ0n) is 14.3. The molecular formula is C16H17FN4O4S. The number of hydrogen-bond acceptors (Lipinski definition) is 7. The summed E-state index contributed by atoms with van der Waals surface area (Å²) in [6, 6.07) is 4.57. The molecule has 8 nitrogen and oxygen atoms in total. The van der Waals surface area contributed by atoms with Crippen LogP contribution in [-0.2, 0) is 21.2 Å². The summed E-state index contributed by atoms with van der Waals surface area (Å²) in [7, 11) is -1.08. The predicted octanol–water partition coefficient (Wildman–Crippen LogP) is 1.90. The fourth-order valence-electron chi connectivity index (χ4n) is 2.62. The number of halogens is 1. The zero-order chi connectivity index (χ0) is 19.1. The highest BCUT2D eigenvalue weighted by molar-refractivity contribution is 7.91. The first-order valence-corrected chi connectivity index (χ1v) is 9.07. The number of anilines is 1. The molecule has 0 fully saturated rings. The molecule has 0 aliphatic rings. The first-order chi connectivity index (χ1) is 12.3. The topological polar surface area (TPSA) is 106 Å². The van der Waals surface area contributed by atoms with E-state index in [1.807, 2.05) is 0 Å². The third kappa shape index (κ3) is 2.86. The van der Waals surface area contributed by atoms with E-state index in [0.29, 0.717) is 11.4 Å². The molecule has 0 aliphatic carbocycles. The first kappa shape index (κ1) is 18.1. The molecule has 3 rings (SSSR count). The van der Waals surface area contributed by atoms with Crippen LogP contribution in [0.5, 0.6) is 5.75 Å². The van der Waals surface area contributed by atoms with Crippen molar-refractivity contribution < 1.29 is 22.7 Å². The summed E-state index contributed by atoms with van der Waals surface area (Å²) >= 11 is 0. The van der Waals surface area contributed by atoms with Crippen LogP contribution < -0.4 is 5.32 Å². The number of phenols is 1. The third-order valence-corrected chi connectivity index (χ3v) is 5.59. The second kappa shape index (κ2) is 6.54. The van der Waals surface area contributed by atoms with Gasteiger partial charge in [-0.15, -0.1) is 5.10 Å². The molecule has 0 unspecified atom stereocenters. The van der Waals surface area contributed by atoms with Gasteiger partial charge >= 0.3 is 0 Å². The SMILES string of the molecule is CNc1nn2c(C)cc(COC)nc2c1S(=O)(=O)c1ccc(F)c(O)c1. The van der Waals surface area contributed by atoms with Crippen LogP contribution in [0.1, 0.15) is 11.4 Å². The zero-order valence-corrected chi connectivity index (χ0v) is 15.1. The molecule has 26 heavy (non-hydrogen) atoms. The van der Waals surface area contributed by atoms with Crippen molar-refractivity contribution in [1.82, 2.24) is 14.6 Å². The van der Waals surface area contributed by atoms with Crippen LogP contribution >= 0.6 is 0 Å². The third-order valence-electron chi connectivity index (χ3n) is 3.80. The smallest absolute Gasteiger partial charge is 0.214 e. The van der Waals surface area contributed by atoms with Crippen molar-refractivity contribution in [2.45, 2.75) is 23.3 Å². The monoisotopic (exact) mass is 380 g/mol. The van der Waals surface area contributed by atoms with Crippen LogP contribution in [0.25, 0.3) is 5.65 Å². The number of benzene rings is 1. The van der Waals surface area contributed by atoms with Crippen molar-refractivity contribution in [3.63, 3.8) is 0 Å². The molecule has 0 radical (unpaired) electrons. The number of ether oxygens (including phenoxy) is 1.